The molecule has 4 nitrogen and oxygen atoms in total. The quantitative estimate of drug-likeness (QED) is 0.685. The molecule has 11 heavy (non-hydrogen) atoms. The number of nitrogens with one attached hydrogen (secondary N) is 1. The van der Waals surface area contributed by atoms with E-state index >= 15 is 0 Å². The van der Waals surface area contributed by atoms with E-state index in [2.05, 4.69) is 10.2 Å². The standard InChI is InChI=1S/C6H11N3OS/c1-3-9-5(10)7-8-6(9)11-4-2/h3-4H2,1-2H3,(H,7,10). The second kappa shape index (κ2) is 3.61. The summed E-state index contributed by atoms with van der Waals surface area (Å²) in [6.07, 6.45) is 0. The number of hydrogen-bond acceptors (Lipinski definition) is 3. The Bertz CT molecular complexity index is 278. The van der Waals surface area contributed by atoms with Gasteiger partial charge in [-0.3, -0.25) is 4.57 Å². The Labute approximate surface area is 69.0 Å². The second-order valence-electron chi connectivity index (χ2n) is 1.99. The monoisotopic (exact) mass is 173 g/mol. The van der Waals surface area contributed by atoms with E-state index in [1.807, 2.05) is 13.8 Å². The van der Waals surface area contributed by atoms with Crippen LogP contribution in [0.3, 0.4) is 0 Å². The van der Waals surface area contributed by atoms with E-state index in [9.17, 15) is 4.79 Å². The van der Waals surface area contributed by atoms with Gasteiger partial charge in [0.1, 0.15) is 0 Å². The molecule has 62 valence electrons. The van der Waals surface area contributed by atoms with E-state index in [0.29, 0.717) is 6.54 Å². The lowest BCUT2D eigenvalue weighted by atomic mass is 10.7. The average molecular weight is 173 g/mol. The lowest BCUT2D eigenvalue weighted by Gasteiger charge is -1.97. The molecular formula is C6H11N3OS. The maximum Gasteiger partial charge on any atom is 0.343 e. The van der Waals surface area contributed by atoms with Crippen LogP contribution in [0.2, 0.25) is 0 Å². The first-order valence-electron chi connectivity index (χ1n) is 3.57. The molecule has 0 saturated heterocycles. The number of thioether (sulfide) groups is 1. The van der Waals surface area contributed by atoms with E-state index in [0.717, 1.165) is 10.9 Å². The molecule has 0 aromatic carbocycles. The van der Waals surface area contributed by atoms with Gasteiger partial charge in [-0.25, -0.2) is 9.89 Å². The molecule has 0 radical (unpaired) electrons. The second-order valence-corrected chi connectivity index (χ2v) is 3.22. The summed E-state index contributed by atoms with van der Waals surface area (Å²) in [6.45, 7) is 4.64. The maximum absolute atomic E-state index is 11.0. The molecule has 5 heteroatoms. The lowest BCUT2D eigenvalue weighted by Crippen LogP contribution is -2.16. The Kier molecular flexibility index (Phi) is 2.76. The number of H-pyrrole nitrogens is 1. The van der Waals surface area contributed by atoms with Crippen molar-refractivity contribution in [2.24, 2.45) is 0 Å². The number of rotatable bonds is 3. The predicted molar refractivity (Wildman–Crippen MR) is 44.9 cm³/mol. The van der Waals surface area contributed by atoms with Crippen LogP contribution in [0.1, 0.15) is 13.8 Å². The molecule has 0 saturated carbocycles. The molecule has 1 N–H and O–H groups in total. The molecular weight excluding hydrogens is 162 g/mol. The average Bonchev–Trinajstić information content (AvgIpc) is 2.33. The molecule has 1 heterocycles. The van der Waals surface area contributed by atoms with Crippen molar-refractivity contribution in [1.29, 1.82) is 0 Å². The van der Waals surface area contributed by atoms with E-state index in [4.69, 9.17) is 0 Å². The van der Waals surface area contributed by atoms with E-state index < -0.39 is 0 Å². The van der Waals surface area contributed by atoms with E-state index in [1.165, 1.54) is 0 Å². The summed E-state index contributed by atoms with van der Waals surface area (Å²) >= 11 is 1.57. The molecule has 0 aliphatic heterocycles. The summed E-state index contributed by atoms with van der Waals surface area (Å²) in [5, 5.41) is 7.05. The normalized spacial score (nSPS) is 10.4. The third kappa shape index (κ3) is 1.65. The molecule has 0 bridgehead atoms. The van der Waals surface area contributed by atoms with E-state index in [1.54, 1.807) is 16.3 Å². The summed E-state index contributed by atoms with van der Waals surface area (Å²) in [7, 11) is 0. The highest BCUT2D eigenvalue weighted by molar-refractivity contribution is 7.99. The molecule has 0 aliphatic rings. The van der Waals surface area contributed by atoms with Crippen LogP contribution >= 0.6 is 11.8 Å². The van der Waals surface area contributed by atoms with Gasteiger partial charge >= 0.3 is 5.69 Å². The van der Waals surface area contributed by atoms with Crippen LogP contribution in [-0.2, 0) is 6.54 Å². The fourth-order valence-electron chi connectivity index (χ4n) is 0.821. The fraction of sp³-hybridized carbons (Fsp3) is 0.667. The number of aromatic amines is 1. The van der Waals surface area contributed by atoms with Gasteiger partial charge in [-0.1, -0.05) is 18.7 Å². The van der Waals surface area contributed by atoms with Crippen LogP contribution in [0.4, 0.5) is 0 Å². The van der Waals surface area contributed by atoms with Crippen molar-refractivity contribution >= 4 is 11.8 Å². The Morgan fingerprint density at radius 1 is 1.64 bits per heavy atom. The molecule has 0 aliphatic carbocycles. The third-order valence-corrected chi connectivity index (χ3v) is 2.17. The van der Waals surface area contributed by atoms with Crippen LogP contribution in [0, 0.1) is 0 Å². The van der Waals surface area contributed by atoms with Gasteiger partial charge in [0.25, 0.3) is 0 Å². The summed E-state index contributed by atoms with van der Waals surface area (Å²) < 4.78 is 1.62. The smallest absolute Gasteiger partial charge is 0.270 e. The van der Waals surface area contributed by atoms with Gasteiger partial charge in [0.05, 0.1) is 0 Å². The van der Waals surface area contributed by atoms with Crippen LogP contribution in [0.5, 0.6) is 0 Å². The fourth-order valence-corrected chi connectivity index (χ4v) is 1.56. The maximum atomic E-state index is 11.0. The van der Waals surface area contributed by atoms with Crippen molar-refractivity contribution in [3.63, 3.8) is 0 Å². The van der Waals surface area contributed by atoms with Crippen molar-refractivity contribution in [2.45, 2.75) is 25.5 Å². The van der Waals surface area contributed by atoms with Gasteiger partial charge < -0.3 is 0 Å². The van der Waals surface area contributed by atoms with Crippen LogP contribution in [-0.4, -0.2) is 20.5 Å². The van der Waals surface area contributed by atoms with Crippen LogP contribution < -0.4 is 5.69 Å². The zero-order valence-corrected chi connectivity index (χ0v) is 7.44. The Balaban J connectivity index is 2.96. The predicted octanol–water partition coefficient (Wildman–Crippen LogP) is 0.703. The molecule has 0 atom stereocenters. The van der Waals surface area contributed by atoms with Gasteiger partial charge in [0.15, 0.2) is 5.16 Å². The Morgan fingerprint density at radius 2 is 2.36 bits per heavy atom. The molecule has 1 rings (SSSR count). The highest BCUT2D eigenvalue weighted by Crippen LogP contribution is 2.10. The summed E-state index contributed by atoms with van der Waals surface area (Å²) in [4.78, 5) is 11.0. The Hall–Kier alpha value is -0.710. The lowest BCUT2D eigenvalue weighted by molar-refractivity contribution is 0.660. The van der Waals surface area contributed by atoms with Gasteiger partial charge in [-0.05, 0) is 12.7 Å². The van der Waals surface area contributed by atoms with Crippen LogP contribution in [0.25, 0.3) is 0 Å². The zero-order valence-electron chi connectivity index (χ0n) is 6.63. The molecule has 0 fully saturated rings. The number of aromatic nitrogens is 3. The van der Waals surface area contributed by atoms with Crippen molar-refractivity contribution in [3.8, 4) is 0 Å². The van der Waals surface area contributed by atoms with Crippen LogP contribution in [0.15, 0.2) is 9.95 Å². The summed E-state index contributed by atoms with van der Waals surface area (Å²) in [5.74, 6) is 0.935. The number of hydrogen-bond donors (Lipinski definition) is 1. The first-order chi connectivity index (χ1) is 5.29. The van der Waals surface area contributed by atoms with Gasteiger partial charge in [-0.15, -0.1) is 5.10 Å². The third-order valence-electron chi connectivity index (χ3n) is 1.31. The zero-order chi connectivity index (χ0) is 8.27. The van der Waals surface area contributed by atoms with Crippen molar-refractivity contribution in [1.82, 2.24) is 14.8 Å². The van der Waals surface area contributed by atoms with Crippen molar-refractivity contribution in [3.05, 3.63) is 10.5 Å². The molecule has 1 aromatic rings. The minimum absolute atomic E-state index is 0.122. The first kappa shape index (κ1) is 8.39. The molecule has 0 unspecified atom stereocenters. The molecule has 1 aromatic heterocycles. The SMILES string of the molecule is CCSc1n[nH]c(=O)n1CC. The largest absolute Gasteiger partial charge is 0.343 e. The van der Waals surface area contributed by atoms with Gasteiger partial charge in [0.2, 0.25) is 0 Å². The summed E-state index contributed by atoms with van der Waals surface area (Å²) in [5.41, 5.74) is -0.122. The van der Waals surface area contributed by atoms with Gasteiger partial charge in [-0.2, -0.15) is 0 Å². The molecule has 0 spiro atoms. The van der Waals surface area contributed by atoms with Crippen molar-refractivity contribution in [2.75, 3.05) is 5.75 Å². The highest BCUT2D eigenvalue weighted by atomic mass is 32.2. The minimum atomic E-state index is -0.122. The Morgan fingerprint density at radius 3 is 2.91 bits per heavy atom. The highest BCUT2D eigenvalue weighted by Gasteiger charge is 2.04. The van der Waals surface area contributed by atoms with E-state index in [-0.39, 0.29) is 5.69 Å². The minimum Gasteiger partial charge on any atom is -0.270 e. The number of nitrogens with zero attached hydrogens (tertiary/aromatic N) is 2. The first-order valence-corrected chi connectivity index (χ1v) is 4.56. The topological polar surface area (TPSA) is 50.7 Å². The molecule has 0 amide bonds. The summed E-state index contributed by atoms with van der Waals surface area (Å²) in [6, 6.07) is 0. The van der Waals surface area contributed by atoms with Gasteiger partial charge in [0, 0.05) is 6.54 Å². The van der Waals surface area contributed by atoms with Crippen molar-refractivity contribution < 1.29 is 0 Å².